The predicted octanol–water partition coefficient (Wildman–Crippen LogP) is 0.339. The van der Waals surface area contributed by atoms with Gasteiger partial charge >= 0.3 is 0 Å². The maximum absolute atomic E-state index is 12.1. The molecule has 0 aliphatic carbocycles. The molecule has 2 unspecified atom stereocenters. The number of nitrogens with one attached hydrogen (secondary N) is 2. The lowest BCUT2D eigenvalue weighted by Crippen LogP contribution is -2.50. The highest BCUT2D eigenvalue weighted by Crippen LogP contribution is 2.10. The van der Waals surface area contributed by atoms with E-state index in [-0.39, 0.29) is 11.9 Å². The first-order valence-corrected chi connectivity index (χ1v) is 6.53. The van der Waals surface area contributed by atoms with Crippen LogP contribution >= 0.6 is 0 Å². The fraction of sp³-hybridized carbons (Fsp3) is 0.917. The molecule has 0 spiro atoms. The van der Waals surface area contributed by atoms with Gasteiger partial charge in [-0.3, -0.25) is 4.79 Å². The van der Waals surface area contributed by atoms with Gasteiger partial charge in [-0.25, -0.2) is 0 Å². The molecule has 2 heterocycles. The molecule has 1 amide bonds. The molecule has 0 saturated carbocycles. The van der Waals surface area contributed by atoms with Crippen molar-refractivity contribution in [3.05, 3.63) is 0 Å². The summed E-state index contributed by atoms with van der Waals surface area (Å²) in [6.07, 6.45) is 4.75. The van der Waals surface area contributed by atoms with Crippen LogP contribution in [0, 0.1) is 0 Å². The zero-order valence-electron chi connectivity index (χ0n) is 10.2. The maximum Gasteiger partial charge on any atom is 0.239 e. The first kappa shape index (κ1) is 11.9. The zero-order chi connectivity index (χ0) is 11.4. The molecule has 0 aromatic carbocycles. The van der Waals surface area contributed by atoms with Crippen LogP contribution in [0.25, 0.3) is 0 Å². The van der Waals surface area contributed by atoms with Crippen LogP contribution in [-0.4, -0.2) is 49.1 Å². The van der Waals surface area contributed by atoms with Crippen molar-refractivity contribution in [2.24, 2.45) is 0 Å². The lowest BCUT2D eigenvalue weighted by molar-refractivity contribution is -0.134. The Kier molecular flexibility index (Phi) is 4.18. The van der Waals surface area contributed by atoms with E-state index < -0.39 is 0 Å². The van der Waals surface area contributed by atoms with E-state index in [2.05, 4.69) is 10.6 Å². The first-order valence-electron chi connectivity index (χ1n) is 6.53. The monoisotopic (exact) mass is 225 g/mol. The van der Waals surface area contributed by atoms with Gasteiger partial charge in [-0.2, -0.15) is 0 Å². The van der Waals surface area contributed by atoms with Crippen LogP contribution in [0.15, 0.2) is 0 Å². The molecule has 16 heavy (non-hydrogen) atoms. The number of piperidine rings is 1. The Hall–Kier alpha value is -0.610. The van der Waals surface area contributed by atoms with Crippen molar-refractivity contribution < 1.29 is 4.79 Å². The van der Waals surface area contributed by atoms with Crippen LogP contribution in [-0.2, 0) is 4.79 Å². The highest BCUT2D eigenvalue weighted by molar-refractivity contribution is 5.81. The molecule has 2 fully saturated rings. The van der Waals surface area contributed by atoms with Crippen molar-refractivity contribution in [2.75, 3.05) is 26.2 Å². The number of carbonyl (C=O) groups excluding carboxylic acids is 1. The third-order valence-electron chi connectivity index (χ3n) is 3.58. The van der Waals surface area contributed by atoms with Crippen molar-refractivity contribution in [1.29, 1.82) is 0 Å². The van der Waals surface area contributed by atoms with Gasteiger partial charge in [0, 0.05) is 25.7 Å². The number of amides is 1. The molecule has 2 aliphatic heterocycles. The van der Waals surface area contributed by atoms with Crippen LogP contribution in [0.3, 0.4) is 0 Å². The van der Waals surface area contributed by atoms with Gasteiger partial charge in [0.15, 0.2) is 0 Å². The van der Waals surface area contributed by atoms with E-state index in [0.29, 0.717) is 6.04 Å². The molecule has 0 aromatic heterocycles. The van der Waals surface area contributed by atoms with Crippen LogP contribution in [0.2, 0.25) is 0 Å². The quantitative estimate of drug-likeness (QED) is 0.728. The van der Waals surface area contributed by atoms with E-state index in [9.17, 15) is 4.79 Å². The van der Waals surface area contributed by atoms with Gasteiger partial charge in [0.25, 0.3) is 0 Å². The van der Waals surface area contributed by atoms with Crippen LogP contribution in [0.1, 0.15) is 32.6 Å². The van der Waals surface area contributed by atoms with Crippen molar-refractivity contribution in [3.63, 3.8) is 0 Å². The largest absolute Gasteiger partial charge is 0.341 e. The lowest BCUT2D eigenvalue weighted by atomic mass is 10.1. The van der Waals surface area contributed by atoms with E-state index >= 15 is 0 Å². The maximum atomic E-state index is 12.1. The Morgan fingerprint density at radius 1 is 1.38 bits per heavy atom. The van der Waals surface area contributed by atoms with E-state index in [4.69, 9.17) is 0 Å². The summed E-state index contributed by atoms with van der Waals surface area (Å²) in [6, 6.07) is 0.451. The highest BCUT2D eigenvalue weighted by atomic mass is 16.2. The second-order valence-electron chi connectivity index (χ2n) is 4.96. The van der Waals surface area contributed by atoms with Crippen molar-refractivity contribution in [3.8, 4) is 0 Å². The molecule has 2 aliphatic rings. The van der Waals surface area contributed by atoms with Gasteiger partial charge in [0.1, 0.15) is 0 Å². The summed E-state index contributed by atoms with van der Waals surface area (Å²) in [5.74, 6) is 0.284. The van der Waals surface area contributed by atoms with Crippen molar-refractivity contribution in [2.45, 2.75) is 44.7 Å². The minimum Gasteiger partial charge on any atom is -0.341 e. The average Bonchev–Trinajstić information content (AvgIpc) is 2.82. The number of hydrogen-bond acceptors (Lipinski definition) is 3. The summed E-state index contributed by atoms with van der Waals surface area (Å²) >= 11 is 0. The minimum absolute atomic E-state index is 0.0250. The molecule has 2 rings (SSSR count). The van der Waals surface area contributed by atoms with Crippen molar-refractivity contribution in [1.82, 2.24) is 15.5 Å². The normalized spacial score (nSPS) is 28.1. The second-order valence-corrected chi connectivity index (χ2v) is 4.96. The van der Waals surface area contributed by atoms with E-state index in [1.54, 1.807) is 0 Å². The van der Waals surface area contributed by atoms with Crippen LogP contribution in [0.5, 0.6) is 0 Å². The van der Waals surface area contributed by atoms with E-state index in [0.717, 1.165) is 32.6 Å². The van der Waals surface area contributed by atoms with Gasteiger partial charge in [0.05, 0.1) is 6.04 Å². The van der Waals surface area contributed by atoms with Gasteiger partial charge < -0.3 is 15.5 Å². The summed E-state index contributed by atoms with van der Waals surface area (Å²) < 4.78 is 0. The molecule has 4 nitrogen and oxygen atoms in total. The second kappa shape index (κ2) is 5.64. The lowest BCUT2D eigenvalue weighted by Gasteiger charge is -2.30. The Morgan fingerprint density at radius 2 is 2.12 bits per heavy atom. The molecular formula is C12H23N3O. The SMILES string of the molecule is CC(NC1CCNC1)C(=O)N1CCCCC1. The van der Waals surface area contributed by atoms with Gasteiger partial charge in [-0.15, -0.1) is 0 Å². The van der Waals surface area contributed by atoms with Crippen molar-refractivity contribution >= 4 is 5.91 Å². The molecule has 2 atom stereocenters. The van der Waals surface area contributed by atoms with E-state index in [1.807, 2.05) is 11.8 Å². The molecular weight excluding hydrogens is 202 g/mol. The Balaban J connectivity index is 1.78. The fourth-order valence-corrected chi connectivity index (χ4v) is 2.61. The molecule has 0 radical (unpaired) electrons. The van der Waals surface area contributed by atoms with Gasteiger partial charge in [0.2, 0.25) is 5.91 Å². The predicted molar refractivity (Wildman–Crippen MR) is 64.3 cm³/mol. The third kappa shape index (κ3) is 2.95. The van der Waals surface area contributed by atoms with Crippen LogP contribution in [0.4, 0.5) is 0 Å². The third-order valence-corrected chi connectivity index (χ3v) is 3.58. The van der Waals surface area contributed by atoms with Crippen LogP contribution < -0.4 is 10.6 Å². The molecule has 2 N–H and O–H groups in total. The summed E-state index contributed by atoms with van der Waals surface area (Å²) in [7, 11) is 0. The summed E-state index contributed by atoms with van der Waals surface area (Å²) in [5.41, 5.74) is 0. The Labute approximate surface area is 97.8 Å². The molecule has 92 valence electrons. The van der Waals surface area contributed by atoms with Gasteiger partial charge in [-0.1, -0.05) is 0 Å². The Bertz CT molecular complexity index is 232. The smallest absolute Gasteiger partial charge is 0.239 e. The number of likely N-dealkylation sites (tertiary alicyclic amines) is 1. The zero-order valence-corrected chi connectivity index (χ0v) is 10.2. The average molecular weight is 225 g/mol. The number of carbonyl (C=O) groups is 1. The van der Waals surface area contributed by atoms with E-state index in [1.165, 1.54) is 19.3 Å². The number of hydrogen-bond donors (Lipinski definition) is 2. The fourth-order valence-electron chi connectivity index (χ4n) is 2.61. The highest BCUT2D eigenvalue weighted by Gasteiger charge is 2.25. The topological polar surface area (TPSA) is 44.4 Å². The molecule has 4 heteroatoms. The first-order chi connectivity index (χ1) is 7.77. The summed E-state index contributed by atoms with van der Waals surface area (Å²) in [6.45, 7) is 5.97. The number of rotatable bonds is 3. The summed E-state index contributed by atoms with van der Waals surface area (Å²) in [5, 5.41) is 6.73. The standard InChI is InChI=1S/C12H23N3O/c1-10(14-11-5-6-13-9-11)12(16)15-7-3-2-4-8-15/h10-11,13-14H,2-9H2,1H3. The molecule has 0 aromatic rings. The molecule has 2 saturated heterocycles. The number of nitrogens with zero attached hydrogens (tertiary/aromatic N) is 1. The Morgan fingerprint density at radius 3 is 2.75 bits per heavy atom. The van der Waals surface area contributed by atoms with Gasteiger partial charge in [-0.05, 0) is 39.2 Å². The molecule has 0 bridgehead atoms. The summed E-state index contributed by atoms with van der Waals surface area (Å²) in [4.78, 5) is 14.1. The minimum atomic E-state index is -0.0250.